The first-order chi connectivity index (χ1) is 10.6. The molecule has 0 unspecified atom stereocenters. The number of para-hydroxylation sites is 2. The second-order valence-corrected chi connectivity index (χ2v) is 4.77. The van der Waals surface area contributed by atoms with E-state index in [0.717, 1.165) is 0 Å². The molecule has 4 rings (SSSR count). The summed E-state index contributed by atoms with van der Waals surface area (Å²) >= 11 is 0. The van der Waals surface area contributed by atoms with Gasteiger partial charge in [-0.25, -0.2) is 18.7 Å². The van der Waals surface area contributed by atoms with Gasteiger partial charge in [0.25, 0.3) is 5.78 Å². The summed E-state index contributed by atoms with van der Waals surface area (Å²) in [6, 6.07) is 8.77. The van der Waals surface area contributed by atoms with Gasteiger partial charge in [0.1, 0.15) is 11.0 Å². The fourth-order valence-electron chi connectivity index (χ4n) is 2.32. The fraction of sp³-hybridized carbons (Fsp3) is 0. The van der Waals surface area contributed by atoms with E-state index in [1.165, 1.54) is 24.3 Å². The van der Waals surface area contributed by atoms with E-state index < -0.39 is 17.4 Å². The lowest BCUT2D eigenvalue weighted by atomic mass is 10.3. The van der Waals surface area contributed by atoms with Gasteiger partial charge in [-0.15, -0.1) is 0 Å². The van der Waals surface area contributed by atoms with Crippen molar-refractivity contribution in [1.29, 1.82) is 0 Å². The average molecular weight is 298 g/mol. The monoisotopic (exact) mass is 298 g/mol. The second kappa shape index (κ2) is 4.45. The van der Waals surface area contributed by atoms with Crippen molar-refractivity contribution in [3.8, 4) is 0 Å². The van der Waals surface area contributed by atoms with Crippen LogP contribution in [0.4, 0.5) is 8.78 Å². The summed E-state index contributed by atoms with van der Waals surface area (Å²) in [7, 11) is 0. The van der Waals surface area contributed by atoms with Gasteiger partial charge in [0.2, 0.25) is 0 Å². The molecule has 0 saturated carbocycles. The number of hydrogen-bond donors (Lipinski definition) is 2. The lowest BCUT2D eigenvalue weighted by Crippen LogP contribution is -2.05. The largest absolute Gasteiger partial charge is 0.335 e. The van der Waals surface area contributed by atoms with Gasteiger partial charge in [-0.3, -0.25) is 4.79 Å². The third-order valence-corrected chi connectivity index (χ3v) is 3.36. The topological polar surface area (TPSA) is 74.4 Å². The number of fused-ring (bicyclic) bond motifs is 2. The van der Waals surface area contributed by atoms with Crippen molar-refractivity contribution in [3.05, 3.63) is 59.7 Å². The van der Waals surface area contributed by atoms with Crippen molar-refractivity contribution in [3.63, 3.8) is 0 Å². The molecule has 4 aromatic rings. The Bertz CT molecular complexity index is 953. The molecular weight excluding hydrogens is 290 g/mol. The van der Waals surface area contributed by atoms with Gasteiger partial charge >= 0.3 is 0 Å². The zero-order valence-corrected chi connectivity index (χ0v) is 11.0. The number of rotatable bonds is 2. The Kier molecular flexibility index (Phi) is 2.56. The van der Waals surface area contributed by atoms with Crippen LogP contribution in [0.2, 0.25) is 0 Å². The fourth-order valence-corrected chi connectivity index (χ4v) is 2.32. The van der Waals surface area contributed by atoms with E-state index in [1.807, 2.05) is 0 Å². The summed E-state index contributed by atoms with van der Waals surface area (Å²) in [6.07, 6.45) is 0. The molecule has 0 saturated heterocycles. The molecule has 0 aliphatic carbocycles. The number of carbonyl (C=O) groups excluding carboxylic acids is 1. The first-order valence-corrected chi connectivity index (χ1v) is 6.46. The van der Waals surface area contributed by atoms with Crippen LogP contribution in [-0.4, -0.2) is 25.7 Å². The minimum Gasteiger partial charge on any atom is -0.335 e. The molecule has 0 aliphatic rings. The third kappa shape index (κ3) is 1.79. The van der Waals surface area contributed by atoms with Crippen molar-refractivity contribution in [2.75, 3.05) is 0 Å². The Hall–Kier alpha value is -3.09. The zero-order chi connectivity index (χ0) is 15.3. The second-order valence-electron chi connectivity index (χ2n) is 4.77. The predicted molar refractivity (Wildman–Crippen MR) is 75.5 cm³/mol. The highest BCUT2D eigenvalue weighted by atomic mass is 19.1. The number of nitrogens with one attached hydrogen (secondary N) is 2. The summed E-state index contributed by atoms with van der Waals surface area (Å²) in [5, 5.41) is 0. The summed E-state index contributed by atoms with van der Waals surface area (Å²) in [6.45, 7) is 0. The molecule has 2 aromatic carbocycles. The third-order valence-electron chi connectivity index (χ3n) is 3.36. The number of benzene rings is 2. The van der Waals surface area contributed by atoms with E-state index in [-0.39, 0.29) is 22.7 Å². The van der Waals surface area contributed by atoms with Gasteiger partial charge in [-0.2, -0.15) is 0 Å². The van der Waals surface area contributed by atoms with E-state index >= 15 is 0 Å². The number of hydrogen-bond acceptors (Lipinski definition) is 3. The number of halogens is 2. The molecule has 0 amide bonds. The number of ketones is 1. The molecule has 108 valence electrons. The number of aromatic nitrogens is 4. The minimum atomic E-state index is -0.564. The van der Waals surface area contributed by atoms with E-state index in [4.69, 9.17) is 0 Å². The number of imidazole rings is 2. The van der Waals surface area contributed by atoms with Crippen molar-refractivity contribution < 1.29 is 13.6 Å². The first kappa shape index (κ1) is 12.6. The Morgan fingerprint density at radius 2 is 1.27 bits per heavy atom. The van der Waals surface area contributed by atoms with Gasteiger partial charge in [0.05, 0.1) is 11.0 Å². The molecule has 0 fully saturated rings. The van der Waals surface area contributed by atoms with E-state index in [0.29, 0.717) is 11.0 Å². The number of nitrogens with zero attached hydrogens (tertiary/aromatic N) is 2. The number of H-pyrrole nitrogens is 2. The lowest BCUT2D eigenvalue weighted by Gasteiger charge is -1.90. The molecule has 0 spiro atoms. The standard InChI is InChI=1S/C15H8F2N4O/c16-7-3-1-5-9-11(7)20-14(18-9)13(22)15-19-10-6-2-4-8(17)12(10)21-15/h1-6H,(H,18,20)(H,19,21). The lowest BCUT2D eigenvalue weighted by molar-refractivity contribution is 0.102. The molecule has 22 heavy (non-hydrogen) atoms. The van der Waals surface area contributed by atoms with Crippen LogP contribution in [0.25, 0.3) is 22.1 Å². The molecular formula is C15H8F2N4O. The number of aromatic amines is 2. The van der Waals surface area contributed by atoms with Crippen LogP contribution >= 0.6 is 0 Å². The van der Waals surface area contributed by atoms with Crippen molar-refractivity contribution in [1.82, 2.24) is 19.9 Å². The molecule has 7 heteroatoms. The van der Waals surface area contributed by atoms with E-state index in [9.17, 15) is 13.6 Å². The molecule has 2 aromatic heterocycles. The molecule has 0 atom stereocenters. The maximum absolute atomic E-state index is 13.6. The highest BCUT2D eigenvalue weighted by Crippen LogP contribution is 2.19. The van der Waals surface area contributed by atoms with Crippen LogP contribution in [0.15, 0.2) is 36.4 Å². The Labute approximate surface area is 122 Å². The van der Waals surface area contributed by atoms with Crippen LogP contribution in [0, 0.1) is 11.6 Å². The molecule has 5 nitrogen and oxygen atoms in total. The molecule has 0 bridgehead atoms. The Morgan fingerprint density at radius 3 is 1.68 bits per heavy atom. The van der Waals surface area contributed by atoms with E-state index in [1.54, 1.807) is 12.1 Å². The normalized spacial score (nSPS) is 11.4. The van der Waals surface area contributed by atoms with Crippen LogP contribution in [-0.2, 0) is 0 Å². The van der Waals surface area contributed by atoms with Gasteiger partial charge in [0, 0.05) is 0 Å². The van der Waals surface area contributed by atoms with Gasteiger partial charge < -0.3 is 9.97 Å². The quantitative estimate of drug-likeness (QED) is 0.559. The maximum Gasteiger partial charge on any atom is 0.263 e. The van der Waals surface area contributed by atoms with Crippen molar-refractivity contribution in [2.24, 2.45) is 0 Å². The first-order valence-electron chi connectivity index (χ1n) is 6.46. The molecule has 2 heterocycles. The smallest absolute Gasteiger partial charge is 0.263 e. The van der Waals surface area contributed by atoms with Crippen molar-refractivity contribution in [2.45, 2.75) is 0 Å². The highest BCUT2D eigenvalue weighted by Gasteiger charge is 2.19. The van der Waals surface area contributed by atoms with Gasteiger partial charge in [-0.1, -0.05) is 12.1 Å². The molecule has 2 N–H and O–H groups in total. The average Bonchev–Trinajstić information content (AvgIpc) is 3.11. The summed E-state index contributed by atoms with van der Waals surface area (Å²) in [5.41, 5.74) is 0.970. The highest BCUT2D eigenvalue weighted by molar-refractivity contribution is 6.07. The van der Waals surface area contributed by atoms with Gasteiger partial charge in [0.15, 0.2) is 23.3 Å². The van der Waals surface area contributed by atoms with E-state index in [2.05, 4.69) is 19.9 Å². The predicted octanol–water partition coefficient (Wildman–Crippen LogP) is 2.95. The van der Waals surface area contributed by atoms with Crippen LogP contribution in [0.5, 0.6) is 0 Å². The zero-order valence-electron chi connectivity index (χ0n) is 11.0. The Balaban J connectivity index is 1.84. The maximum atomic E-state index is 13.6. The van der Waals surface area contributed by atoms with Crippen LogP contribution in [0.3, 0.4) is 0 Å². The summed E-state index contributed by atoms with van der Waals surface area (Å²) in [4.78, 5) is 25.7. The summed E-state index contributed by atoms with van der Waals surface area (Å²) < 4.78 is 27.2. The SMILES string of the molecule is O=C(c1nc2c(F)cccc2[nH]1)c1nc2c(F)cccc2[nH]1. The van der Waals surface area contributed by atoms with Crippen LogP contribution < -0.4 is 0 Å². The Morgan fingerprint density at radius 1 is 0.818 bits per heavy atom. The van der Waals surface area contributed by atoms with Crippen molar-refractivity contribution >= 4 is 27.9 Å². The number of carbonyl (C=O) groups is 1. The summed E-state index contributed by atoms with van der Waals surface area (Å²) in [5.74, 6) is -1.72. The van der Waals surface area contributed by atoms with Gasteiger partial charge in [-0.05, 0) is 24.3 Å². The molecule has 0 radical (unpaired) electrons. The van der Waals surface area contributed by atoms with Crippen LogP contribution in [0.1, 0.15) is 16.4 Å². The minimum absolute atomic E-state index is 0.0560. The molecule has 0 aliphatic heterocycles.